The summed E-state index contributed by atoms with van der Waals surface area (Å²) >= 11 is 0. The molecule has 0 saturated heterocycles. The van der Waals surface area contributed by atoms with E-state index in [2.05, 4.69) is 10.6 Å². The zero-order chi connectivity index (χ0) is 34.4. The molecule has 0 aliphatic carbocycles. The number of carbonyl (C=O) groups excluding carboxylic acids is 7. The average Bonchev–Trinajstić information content (AvgIpc) is 2.94. The van der Waals surface area contributed by atoms with Gasteiger partial charge in [0.05, 0.1) is 13.1 Å². The number of methoxy groups -OCH3 is 1. The number of hydrogen-bond donors (Lipinski definition) is 2. The van der Waals surface area contributed by atoms with Gasteiger partial charge in [-0.05, 0) is 37.0 Å². The predicted molar refractivity (Wildman–Crippen MR) is 159 cm³/mol. The first-order chi connectivity index (χ1) is 21.0. The highest BCUT2D eigenvalue weighted by molar-refractivity contribution is 6.08. The second-order valence-corrected chi connectivity index (χ2v) is 10.2. The van der Waals surface area contributed by atoms with Gasteiger partial charge in [-0.3, -0.25) is 33.6 Å². The van der Waals surface area contributed by atoms with Crippen molar-refractivity contribution < 1.29 is 57.2 Å². The molecule has 15 heteroatoms. The smallest absolute Gasteiger partial charge is 0.303 e. The van der Waals surface area contributed by atoms with Gasteiger partial charge in [0.2, 0.25) is 5.91 Å². The SMILES string of the molecule is CCc1c(C(=O)NCC(COC(C)=O)OC(C)=O)c(C)c(NC(=O)COC)c(C)c1C(=O)N(C)CC(COC(C)=O)OC(C)=O. The molecule has 2 unspecified atom stereocenters. The Morgan fingerprint density at radius 1 is 0.778 bits per heavy atom. The number of likely N-dealkylation sites (N-methyl/N-ethyl adjacent to an activating group) is 1. The standard InChI is InChI=1S/C30H43N3O12/c1-10-24-26(29(39)31-11-22(44-20(6)36)13-42-18(4)34)16(2)28(32-25(38)15-41-9)17(3)27(24)30(40)33(8)12-23(45-21(7)37)14-43-19(5)35/h22-23H,10-15H2,1-9H3,(H,31,39)(H,32,38). The fourth-order valence-electron chi connectivity index (χ4n) is 4.58. The molecule has 0 aliphatic heterocycles. The topological polar surface area (TPSA) is 193 Å². The second kappa shape index (κ2) is 18.3. The number of amides is 3. The zero-order valence-electron chi connectivity index (χ0n) is 27.2. The van der Waals surface area contributed by atoms with E-state index >= 15 is 0 Å². The third-order valence-corrected chi connectivity index (χ3v) is 6.36. The van der Waals surface area contributed by atoms with Crippen LogP contribution >= 0.6 is 0 Å². The van der Waals surface area contributed by atoms with E-state index in [1.165, 1.54) is 46.8 Å². The summed E-state index contributed by atoms with van der Waals surface area (Å²) in [4.78, 5) is 87.4. The van der Waals surface area contributed by atoms with Crippen LogP contribution in [0.3, 0.4) is 0 Å². The molecule has 1 rings (SSSR count). The molecular weight excluding hydrogens is 594 g/mol. The maximum Gasteiger partial charge on any atom is 0.303 e. The highest BCUT2D eigenvalue weighted by Crippen LogP contribution is 2.33. The second-order valence-electron chi connectivity index (χ2n) is 10.2. The van der Waals surface area contributed by atoms with Gasteiger partial charge in [-0.15, -0.1) is 0 Å². The molecule has 0 aliphatic rings. The normalized spacial score (nSPS) is 11.8. The molecule has 45 heavy (non-hydrogen) atoms. The van der Waals surface area contributed by atoms with E-state index < -0.39 is 53.8 Å². The fraction of sp³-hybridized carbons (Fsp3) is 0.567. The lowest BCUT2D eigenvalue weighted by Gasteiger charge is -2.28. The fourth-order valence-corrected chi connectivity index (χ4v) is 4.58. The van der Waals surface area contributed by atoms with Crippen molar-refractivity contribution in [1.29, 1.82) is 0 Å². The Kier molecular flexibility index (Phi) is 15.7. The molecule has 250 valence electrons. The first-order valence-corrected chi connectivity index (χ1v) is 14.1. The minimum Gasteiger partial charge on any atom is -0.462 e. The molecule has 0 fully saturated rings. The molecule has 3 amide bonds. The van der Waals surface area contributed by atoms with Crippen molar-refractivity contribution in [3.8, 4) is 0 Å². The summed E-state index contributed by atoms with van der Waals surface area (Å²) in [6, 6.07) is 0. The Hall–Kier alpha value is -4.53. The van der Waals surface area contributed by atoms with E-state index in [4.69, 9.17) is 23.7 Å². The molecule has 0 aromatic heterocycles. The van der Waals surface area contributed by atoms with Crippen LogP contribution in [0.5, 0.6) is 0 Å². The quantitative estimate of drug-likeness (QED) is 0.195. The van der Waals surface area contributed by atoms with E-state index in [1.54, 1.807) is 20.8 Å². The van der Waals surface area contributed by atoms with Crippen molar-refractivity contribution in [2.75, 3.05) is 52.4 Å². The summed E-state index contributed by atoms with van der Waals surface area (Å²) in [5, 5.41) is 5.38. The monoisotopic (exact) mass is 637 g/mol. The molecule has 0 spiro atoms. The van der Waals surface area contributed by atoms with Gasteiger partial charge in [-0.1, -0.05) is 6.92 Å². The molecule has 0 saturated carbocycles. The van der Waals surface area contributed by atoms with Crippen LogP contribution in [-0.4, -0.2) is 106 Å². The summed E-state index contributed by atoms with van der Waals surface area (Å²) in [6.07, 6.45) is -1.75. The molecule has 0 bridgehead atoms. The van der Waals surface area contributed by atoms with Gasteiger partial charge in [0.15, 0.2) is 12.2 Å². The maximum atomic E-state index is 14.0. The van der Waals surface area contributed by atoms with Gasteiger partial charge < -0.3 is 39.2 Å². The Bertz CT molecular complexity index is 1290. The molecule has 0 heterocycles. The van der Waals surface area contributed by atoms with Crippen molar-refractivity contribution in [2.24, 2.45) is 0 Å². The van der Waals surface area contributed by atoms with Crippen LogP contribution in [0, 0.1) is 13.8 Å². The van der Waals surface area contributed by atoms with E-state index in [-0.39, 0.29) is 56.1 Å². The van der Waals surface area contributed by atoms with Crippen LogP contribution in [-0.2, 0) is 54.1 Å². The first-order valence-electron chi connectivity index (χ1n) is 14.1. The predicted octanol–water partition coefficient (Wildman–Crippen LogP) is 1.24. The van der Waals surface area contributed by atoms with Crippen LogP contribution in [0.1, 0.15) is 72.0 Å². The number of rotatable bonds is 16. The van der Waals surface area contributed by atoms with Gasteiger partial charge in [0.25, 0.3) is 11.8 Å². The lowest BCUT2D eigenvalue weighted by Crippen LogP contribution is -2.40. The van der Waals surface area contributed by atoms with Gasteiger partial charge in [0, 0.05) is 58.7 Å². The Balaban J connectivity index is 3.66. The molecule has 1 aromatic rings. The Morgan fingerprint density at radius 3 is 1.78 bits per heavy atom. The molecule has 2 N–H and O–H groups in total. The van der Waals surface area contributed by atoms with Crippen LogP contribution in [0.25, 0.3) is 0 Å². The molecule has 1 aromatic carbocycles. The molecule has 0 radical (unpaired) electrons. The minimum absolute atomic E-state index is 0.0954. The third-order valence-electron chi connectivity index (χ3n) is 6.36. The molecule has 15 nitrogen and oxygen atoms in total. The van der Waals surface area contributed by atoms with Crippen molar-refractivity contribution >= 4 is 47.3 Å². The van der Waals surface area contributed by atoms with Crippen molar-refractivity contribution in [3.05, 3.63) is 27.8 Å². The first kappa shape index (κ1) is 38.5. The number of benzene rings is 1. The lowest BCUT2D eigenvalue weighted by molar-refractivity contribution is -0.156. The number of hydrogen-bond acceptors (Lipinski definition) is 12. The molecular formula is C30H43N3O12. The summed E-state index contributed by atoms with van der Waals surface area (Å²) in [5.74, 6) is -4.23. The van der Waals surface area contributed by atoms with E-state index in [0.29, 0.717) is 16.7 Å². The number of nitrogens with one attached hydrogen (secondary N) is 2. The number of carbonyl (C=O) groups is 7. The van der Waals surface area contributed by atoms with Gasteiger partial charge >= 0.3 is 23.9 Å². The number of ether oxygens (including phenoxy) is 5. The van der Waals surface area contributed by atoms with E-state index in [0.717, 1.165) is 0 Å². The highest BCUT2D eigenvalue weighted by atomic mass is 16.6. The summed E-state index contributed by atoms with van der Waals surface area (Å²) in [7, 11) is 2.79. The Labute approximate surface area is 262 Å². The zero-order valence-corrected chi connectivity index (χ0v) is 27.2. The summed E-state index contributed by atoms with van der Waals surface area (Å²) in [6.45, 7) is 8.45. The van der Waals surface area contributed by atoms with E-state index in [9.17, 15) is 33.6 Å². The highest BCUT2D eigenvalue weighted by Gasteiger charge is 2.30. The van der Waals surface area contributed by atoms with Crippen LogP contribution in [0.2, 0.25) is 0 Å². The van der Waals surface area contributed by atoms with Crippen molar-refractivity contribution in [1.82, 2.24) is 10.2 Å². The maximum absolute atomic E-state index is 14.0. The largest absolute Gasteiger partial charge is 0.462 e. The minimum atomic E-state index is -0.991. The number of nitrogens with zero attached hydrogens (tertiary/aromatic N) is 1. The van der Waals surface area contributed by atoms with Crippen LogP contribution in [0.4, 0.5) is 5.69 Å². The summed E-state index contributed by atoms with van der Waals surface area (Å²) < 4.78 is 25.2. The number of esters is 4. The van der Waals surface area contributed by atoms with Crippen molar-refractivity contribution in [2.45, 2.75) is 67.1 Å². The number of anilines is 1. The van der Waals surface area contributed by atoms with Gasteiger partial charge in [-0.25, -0.2) is 0 Å². The third kappa shape index (κ3) is 12.2. The van der Waals surface area contributed by atoms with Crippen molar-refractivity contribution in [3.63, 3.8) is 0 Å². The molecule has 2 atom stereocenters. The van der Waals surface area contributed by atoms with Gasteiger partial charge in [0.1, 0.15) is 19.8 Å². The summed E-state index contributed by atoms with van der Waals surface area (Å²) in [5.41, 5.74) is 1.52. The van der Waals surface area contributed by atoms with Gasteiger partial charge in [-0.2, -0.15) is 0 Å². The Morgan fingerprint density at radius 2 is 1.29 bits per heavy atom. The van der Waals surface area contributed by atoms with Crippen LogP contribution < -0.4 is 10.6 Å². The lowest BCUT2D eigenvalue weighted by atomic mass is 9.87. The van der Waals surface area contributed by atoms with Crippen LogP contribution in [0.15, 0.2) is 0 Å². The average molecular weight is 638 g/mol. The van der Waals surface area contributed by atoms with E-state index in [1.807, 2.05) is 0 Å².